The molecule has 0 saturated carbocycles. The second-order valence-corrected chi connectivity index (χ2v) is 6.92. The molecule has 1 fully saturated rings. The molecule has 0 spiro atoms. The van der Waals surface area contributed by atoms with E-state index < -0.39 is 15.8 Å². The maximum absolute atomic E-state index is 12.9. The second kappa shape index (κ2) is 5.54. The fourth-order valence-corrected chi connectivity index (χ4v) is 3.94. The largest absolute Gasteiger partial charge is 0.313 e. The minimum atomic E-state index is -3.42. The molecule has 1 unspecified atom stereocenters. The quantitative estimate of drug-likeness (QED) is 0.885. The Morgan fingerprint density at radius 3 is 2.89 bits per heavy atom. The van der Waals surface area contributed by atoms with Gasteiger partial charge in [-0.1, -0.05) is 0 Å². The van der Waals surface area contributed by atoms with Crippen LogP contribution in [0, 0.1) is 5.82 Å². The highest BCUT2D eigenvalue weighted by atomic mass is 79.9. The minimum absolute atomic E-state index is 0.00160. The number of rotatable bonds is 4. The van der Waals surface area contributed by atoms with Gasteiger partial charge in [0.25, 0.3) is 0 Å². The lowest BCUT2D eigenvalue weighted by molar-refractivity contribution is 0.581. The van der Waals surface area contributed by atoms with Gasteiger partial charge in [-0.25, -0.2) is 12.8 Å². The molecule has 1 aromatic rings. The summed E-state index contributed by atoms with van der Waals surface area (Å²) in [5, 5.41) is 3.13. The lowest BCUT2D eigenvalue weighted by atomic mass is 10.3. The van der Waals surface area contributed by atoms with Gasteiger partial charge in [-0.2, -0.15) is 0 Å². The molecule has 0 aliphatic carbocycles. The van der Waals surface area contributed by atoms with Crippen molar-refractivity contribution in [2.24, 2.45) is 0 Å². The molecule has 7 heteroatoms. The van der Waals surface area contributed by atoms with Crippen molar-refractivity contribution in [3.05, 3.63) is 28.5 Å². The van der Waals surface area contributed by atoms with Gasteiger partial charge in [0.2, 0.25) is 10.0 Å². The second-order valence-electron chi connectivity index (χ2n) is 4.30. The number of sulfonamides is 1. The first-order valence-electron chi connectivity index (χ1n) is 5.65. The third-order valence-corrected chi connectivity index (χ3v) is 4.81. The minimum Gasteiger partial charge on any atom is -0.313 e. The van der Waals surface area contributed by atoms with Gasteiger partial charge in [0.1, 0.15) is 5.82 Å². The molecule has 0 amide bonds. The van der Waals surface area contributed by atoms with Gasteiger partial charge in [0.15, 0.2) is 0 Å². The summed E-state index contributed by atoms with van der Waals surface area (Å²) in [5.74, 6) is -0.376. The van der Waals surface area contributed by atoms with E-state index in [2.05, 4.69) is 26.0 Å². The molecule has 18 heavy (non-hydrogen) atoms. The molecule has 2 rings (SSSR count). The van der Waals surface area contributed by atoms with Gasteiger partial charge in [-0.3, -0.25) is 4.72 Å². The van der Waals surface area contributed by atoms with Crippen molar-refractivity contribution >= 4 is 31.6 Å². The summed E-state index contributed by atoms with van der Waals surface area (Å²) in [6, 6.07) is 3.85. The van der Waals surface area contributed by atoms with Crippen LogP contribution < -0.4 is 10.0 Å². The summed E-state index contributed by atoms with van der Waals surface area (Å²) in [4.78, 5) is 0. The molecule has 1 aliphatic heterocycles. The summed E-state index contributed by atoms with van der Waals surface area (Å²) >= 11 is 3.13. The molecular weight excluding hydrogens is 323 g/mol. The third-order valence-electron chi connectivity index (χ3n) is 2.78. The van der Waals surface area contributed by atoms with Gasteiger partial charge in [0.05, 0.1) is 11.4 Å². The van der Waals surface area contributed by atoms with Crippen LogP contribution >= 0.6 is 15.9 Å². The predicted molar refractivity (Wildman–Crippen MR) is 72.5 cm³/mol. The smallest absolute Gasteiger partial charge is 0.234 e. The summed E-state index contributed by atoms with van der Waals surface area (Å²) in [6.45, 7) is 0.862. The topological polar surface area (TPSA) is 58.2 Å². The molecule has 1 aliphatic rings. The zero-order chi connectivity index (χ0) is 13.2. The lowest BCUT2D eigenvalue weighted by Gasteiger charge is -2.13. The monoisotopic (exact) mass is 336 g/mol. The molecule has 0 radical (unpaired) electrons. The third kappa shape index (κ3) is 3.66. The lowest BCUT2D eigenvalue weighted by Crippen LogP contribution is -2.32. The van der Waals surface area contributed by atoms with Crippen molar-refractivity contribution in [3.63, 3.8) is 0 Å². The average Bonchev–Trinajstić information content (AvgIpc) is 2.74. The Hall–Kier alpha value is -0.660. The van der Waals surface area contributed by atoms with Crippen LogP contribution in [0.2, 0.25) is 0 Å². The number of benzene rings is 1. The van der Waals surface area contributed by atoms with E-state index in [9.17, 15) is 12.8 Å². The van der Waals surface area contributed by atoms with Crippen LogP contribution in [0.4, 0.5) is 10.1 Å². The highest BCUT2D eigenvalue weighted by Gasteiger charge is 2.22. The Morgan fingerprint density at radius 2 is 2.28 bits per heavy atom. The van der Waals surface area contributed by atoms with Crippen LogP contribution in [0.15, 0.2) is 22.7 Å². The Kier molecular flexibility index (Phi) is 4.24. The summed E-state index contributed by atoms with van der Waals surface area (Å²) in [5.41, 5.74) is 0.356. The van der Waals surface area contributed by atoms with E-state index in [4.69, 9.17) is 0 Å². The van der Waals surface area contributed by atoms with Gasteiger partial charge < -0.3 is 5.32 Å². The van der Waals surface area contributed by atoms with E-state index in [1.165, 1.54) is 18.2 Å². The normalized spacial score (nSPS) is 20.0. The fraction of sp³-hybridized carbons (Fsp3) is 0.455. The number of nitrogens with one attached hydrogen (secondary N) is 2. The average molecular weight is 337 g/mol. The van der Waals surface area contributed by atoms with Gasteiger partial charge in [-0.15, -0.1) is 0 Å². The Morgan fingerprint density at radius 1 is 1.50 bits per heavy atom. The first-order chi connectivity index (χ1) is 8.46. The van der Waals surface area contributed by atoms with Crippen LogP contribution in [-0.2, 0) is 10.0 Å². The highest BCUT2D eigenvalue weighted by molar-refractivity contribution is 9.10. The summed E-state index contributed by atoms with van der Waals surface area (Å²) in [6.07, 6.45) is 1.87. The predicted octanol–water partition coefficient (Wildman–Crippen LogP) is 2.08. The van der Waals surface area contributed by atoms with E-state index >= 15 is 0 Å². The van der Waals surface area contributed by atoms with Crippen molar-refractivity contribution in [1.82, 2.24) is 5.32 Å². The van der Waals surface area contributed by atoms with Gasteiger partial charge in [-0.05, 0) is 53.5 Å². The Balaban J connectivity index is 2.07. The van der Waals surface area contributed by atoms with Crippen LogP contribution in [-0.4, -0.2) is 26.8 Å². The Bertz CT molecular complexity index is 530. The maximum atomic E-state index is 12.9. The molecule has 0 bridgehead atoms. The molecule has 2 N–H and O–H groups in total. The molecule has 1 saturated heterocycles. The zero-order valence-corrected chi connectivity index (χ0v) is 12.0. The van der Waals surface area contributed by atoms with Crippen molar-refractivity contribution in [2.75, 3.05) is 17.0 Å². The summed E-state index contributed by atoms with van der Waals surface area (Å²) < 4.78 is 39.6. The molecule has 0 aromatic heterocycles. The SMILES string of the molecule is O=S(=O)(CC1CCCN1)Nc1ccc(F)cc1Br. The number of halogens is 2. The number of hydrogen-bond donors (Lipinski definition) is 2. The Labute approximate surface area is 114 Å². The fourth-order valence-electron chi connectivity index (χ4n) is 1.95. The van der Waals surface area contributed by atoms with Crippen molar-refractivity contribution in [2.45, 2.75) is 18.9 Å². The van der Waals surface area contributed by atoms with Gasteiger partial charge >= 0.3 is 0 Å². The number of anilines is 1. The van der Waals surface area contributed by atoms with Crippen LogP contribution in [0.3, 0.4) is 0 Å². The first-order valence-corrected chi connectivity index (χ1v) is 8.10. The molecule has 1 heterocycles. The highest BCUT2D eigenvalue weighted by Crippen LogP contribution is 2.24. The maximum Gasteiger partial charge on any atom is 0.234 e. The first kappa shape index (κ1) is 13.8. The van der Waals surface area contributed by atoms with Crippen molar-refractivity contribution in [1.29, 1.82) is 0 Å². The molecule has 4 nitrogen and oxygen atoms in total. The van der Waals surface area contributed by atoms with E-state index in [0.717, 1.165) is 19.4 Å². The molecule has 1 aromatic carbocycles. The zero-order valence-electron chi connectivity index (χ0n) is 9.62. The van der Waals surface area contributed by atoms with Crippen LogP contribution in [0.25, 0.3) is 0 Å². The van der Waals surface area contributed by atoms with Gasteiger partial charge in [0, 0.05) is 10.5 Å². The van der Waals surface area contributed by atoms with E-state index in [-0.39, 0.29) is 11.8 Å². The van der Waals surface area contributed by atoms with Crippen molar-refractivity contribution in [3.8, 4) is 0 Å². The van der Waals surface area contributed by atoms with Crippen LogP contribution in [0.1, 0.15) is 12.8 Å². The van der Waals surface area contributed by atoms with E-state index in [1.54, 1.807) is 0 Å². The molecule has 100 valence electrons. The summed E-state index contributed by atoms with van der Waals surface area (Å²) in [7, 11) is -3.42. The molecule has 1 atom stereocenters. The standard InChI is InChI=1S/C11H14BrFN2O2S/c12-10-6-8(13)3-4-11(10)15-18(16,17)7-9-2-1-5-14-9/h3-4,6,9,14-15H,1-2,5,7H2. The number of hydrogen-bond acceptors (Lipinski definition) is 3. The van der Waals surface area contributed by atoms with E-state index in [0.29, 0.717) is 10.2 Å². The van der Waals surface area contributed by atoms with E-state index in [1.807, 2.05) is 0 Å². The van der Waals surface area contributed by atoms with Crippen molar-refractivity contribution < 1.29 is 12.8 Å². The molecular formula is C11H14BrFN2O2S. The van der Waals surface area contributed by atoms with Crippen LogP contribution in [0.5, 0.6) is 0 Å².